The van der Waals surface area contributed by atoms with Gasteiger partial charge in [0.15, 0.2) is 0 Å². The van der Waals surface area contributed by atoms with Crippen molar-refractivity contribution < 1.29 is 23.9 Å². The van der Waals surface area contributed by atoms with Gasteiger partial charge in [0.1, 0.15) is 12.8 Å². The quantitative estimate of drug-likeness (QED) is 0.424. The van der Waals surface area contributed by atoms with Crippen molar-refractivity contribution in [2.45, 2.75) is 13.8 Å². The minimum Gasteiger partial charge on any atom is -0.468 e. The third-order valence-electron chi connectivity index (χ3n) is 3.66. The summed E-state index contributed by atoms with van der Waals surface area (Å²) in [5, 5.41) is -0.494. The zero-order chi connectivity index (χ0) is 20.0. The summed E-state index contributed by atoms with van der Waals surface area (Å²) in [7, 11) is 1.20. The van der Waals surface area contributed by atoms with Crippen molar-refractivity contribution in [2.75, 3.05) is 13.7 Å². The summed E-state index contributed by atoms with van der Waals surface area (Å²) in [5.41, 5.74) is 3.25. The third-order valence-corrected chi connectivity index (χ3v) is 4.57. The first-order valence-corrected chi connectivity index (χ1v) is 8.89. The highest BCUT2D eigenvalue weighted by atomic mass is 32.2. The number of esters is 1. The van der Waals surface area contributed by atoms with Crippen molar-refractivity contribution in [3.05, 3.63) is 57.5 Å². The molecule has 1 aliphatic heterocycles. The predicted octanol–water partition coefficient (Wildman–Crippen LogP) is 3.44. The lowest BCUT2D eigenvalue weighted by molar-refractivity contribution is -0.143. The van der Waals surface area contributed by atoms with Crippen molar-refractivity contribution in [3.8, 4) is 0 Å². The van der Waals surface area contributed by atoms with Gasteiger partial charge in [-0.1, -0.05) is 30.3 Å². The molecule has 1 heterocycles. The Morgan fingerprint density at radius 1 is 1.07 bits per heavy atom. The lowest BCUT2D eigenvalue weighted by Gasteiger charge is -2.09. The predicted molar refractivity (Wildman–Crippen MR) is 105 cm³/mol. The van der Waals surface area contributed by atoms with E-state index in [1.165, 1.54) is 7.11 Å². The molecule has 0 unspecified atom stereocenters. The molecule has 0 atom stereocenters. The van der Waals surface area contributed by atoms with Crippen LogP contribution in [0.3, 0.4) is 0 Å². The van der Waals surface area contributed by atoms with Crippen molar-refractivity contribution in [3.63, 3.8) is 0 Å². The van der Waals surface area contributed by atoms with Crippen LogP contribution in [-0.4, -0.2) is 42.0 Å². The van der Waals surface area contributed by atoms with Crippen molar-refractivity contribution in [1.82, 2.24) is 4.90 Å². The summed E-state index contributed by atoms with van der Waals surface area (Å²) in [4.78, 5) is 47.3. The molecular weight excluding hydrogens is 366 g/mol. The second-order valence-electron chi connectivity index (χ2n) is 5.91. The largest absolute Gasteiger partial charge is 0.468 e. The van der Waals surface area contributed by atoms with E-state index in [9.17, 15) is 19.2 Å². The second kappa shape index (κ2) is 9.14. The minimum atomic E-state index is -0.648. The van der Waals surface area contributed by atoms with Gasteiger partial charge < -0.3 is 4.74 Å². The van der Waals surface area contributed by atoms with Crippen molar-refractivity contribution in [2.24, 2.45) is 0 Å². The molecule has 2 amide bonds. The third kappa shape index (κ3) is 5.52. The van der Waals surface area contributed by atoms with Gasteiger partial charge in [0.25, 0.3) is 11.1 Å². The number of imide groups is 1. The van der Waals surface area contributed by atoms with Gasteiger partial charge in [-0.15, -0.1) is 0 Å². The van der Waals surface area contributed by atoms with E-state index in [1.54, 1.807) is 19.1 Å². The highest BCUT2D eigenvalue weighted by Crippen LogP contribution is 2.31. The number of carbonyl (C=O) groups is 4. The molecule has 0 aromatic heterocycles. The maximum atomic E-state index is 12.3. The highest BCUT2D eigenvalue weighted by molar-refractivity contribution is 8.18. The normalized spacial score (nSPS) is 16.9. The molecular formula is C20H19NO5S. The van der Waals surface area contributed by atoms with Crippen LogP contribution in [0.5, 0.6) is 0 Å². The monoisotopic (exact) mass is 385 g/mol. The van der Waals surface area contributed by atoms with E-state index in [-0.39, 0.29) is 4.91 Å². The van der Waals surface area contributed by atoms with E-state index in [1.807, 2.05) is 37.3 Å². The fourth-order valence-electron chi connectivity index (χ4n) is 2.33. The number of ether oxygens (including phenoxy) is 1. The average Bonchev–Trinajstić information content (AvgIpc) is 2.90. The Morgan fingerprint density at radius 3 is 2.15 bits per heavy atom. The zero-order valence-electron chi connectivity index (χ0n) is 15.2. The van der Waals surface area contributed by atoms with Crippen LogP contribution in [0, 0.1) is 0 Å². The first-order valence-electron chi connectivity index (χ1n) is 8.08. The van der Waals surface area contributed by atoms with Gasteiger partial charge in [-0.05, 0) is 60.0 Å². The van der Waals surface area contributed by atoms with Crippen LogP contribution < -0.4 is 0 Å². The first kappa shape index (κ1) is 20.4. The van der Waals surface area contributed by atoms with Crippen LogP contribution in [0.1, 0.15) is 25.0 Å². The molecule has 1 aromatic carbocycles. The molecule has 2 rings (SSSR count). The summed E-state index contributed by atoms with van der Waals surface area (Å²) in [6.45, 7) is 3.16. The molecule has 0 saturated carbocycles. The summed E-state index contributed by atoms with van der Waals surface area (Å²) < 4.78 is 4.50. The van der Waals surface area contributed by atoms with Gasteiger partial charge in [-0.3, -0.25) is 24.1 Å². The standard InChI is InChI=1S/C20H19NO5S/c1-13(8-15-4-6-16(7-5-15)9-14(2)12-22)10-17-19(24)21(20(25)27-17)11-18(23)26-3/h4-10,12H,11H2,1-3H3/b13-8+,14-9+,17-10-. The summed E-state index contributed by atoms with van der Waals surface area (Å²) in [6.07, 6.45) is 6.07. The fourth-order valence-corrected chi connectivity index (χ4v) is 3.21. The van der Waals surface area contributed by atoms with Gasteiger partial charge in [0.2, 0.25) is 0 Å². The Kier molecular flexibility index (Phi) is 6.90. The molecule has 1 aromatic rings. The molecule has 140 valence electrons. The second-order valence-corrected chi connectivity index (χ2v) is 6.90. The van der Waals surface area contributed by atoms with Crippen molar-refractivity contribution >= 4 is 47.3 Å². The number of thioether (sulfide) groups is 1. The molecule has 0 spiro atoms. The number of benzene rings is 1. The number of nitrogens with zero attached hydrogens (tertiary/aromatic N) is 1. The number of rotatable bonds is 6. The average molecular weight is 385 g/mol. The lowest BCUT2D eigenvalue weighted by atomic mass is 10.1. The topological polar surface area (TPSA) is 80.8 Å². The smallest absolute Gasteiger partial charge is 0.325 e. The number of carbonyl (C=O) groups excluding carboxylic acids is 4. The van der Waals surface area contributed by atoms with E-state index >= 15 is 0 Å². The van der Waals surface area contributed by atoms with Gasteiger partial charge in [-0.2, -0.15) is 0 Å². The van der Waals surface area contributed by atoms with Crippen LogP contribution in [0.4, 0.5) is 4.79 Å². The molecule has 0 aliphatic carbocycles. The van der Waals surface area contributed by atoms with Crippen LogP contribution in [-0.2, 0) is 19.1 Å². The number of aldehydes is 1. The van der Waals surface area contributed by atoms with Crippen molar-refractivity contribution in [1.29, 1.82) is 0 Å². The Labute approximate surface area is 161 Å². The Hall–Kier alpha value is -2.93. The molecule has 7 heteroatoms. The van der Waals surface area contributed by atoms with E-state index < -0.39 is 23.7 Å². The zero-order valence-corrected chi connectivity index (χ0v) is 16.0. The molecule has 27 heavy (non-hydrogen) atoms. The maximum absolute atomic E-state index is 12.3. The number of methoxy groups -OCH3 is 1. The number of hydrogen-bond acceptors (Lipinski definition) is 6. The van der Waals surface area contributed by atoms with Crippen LogP contribution in [0.15, 0.2) is 46.4 Å². The van der Waals surface area contributed by atoms with E-state index in [0.717, 1.165) is 39.6 Å². The molecule has 6 nitrogen and oxygen atoms in total. The number of amides is 2. The van der Waals surface area contributed by atoms with Crippen LogP contribution >= 0.6 is 11.8 Å². The Balaban J connectivity index is 2.14. The Morgan fingerprint density at radius 2 is 1.63 bits per heavy atom. The van der Waals surface area contributed by atoms with Gasteiger partial charge in [0, 0.05) is 0 Å². The molecule has 0 bridgehead atoms. The molecule has 1 aliphatic rings. The van der Waals surface area contributed by atoms with Gasteiger partial charge in [0.05, 0.1) is 12.0 Å². The minimum absolute atomic E-state index is 0.263. The lowest BCUT2D eigenvalue weighted by Crippen LogP contribution is -2.34. The van der Waals surface area contributed by atoms with E-state index in [4.69, 9.17) is 0 Å². The molecule has 0 N–H and O–H groups in total. The fraction of sp³-hybridized carbons (Fsp3) is 0.200. The molecule has 0 radical (unpaired) electrons. The molecule has 1 fully saturated rings. The Bertz CT molecular complexity index is 865. The van der Waals surface area contributed by atoms with Gasteiger partial charge in [-0.25, -0.2) is 0 Å². The summed E-state index contributed by atoms with van der Waals surface area (Å²) in [6, 6.07) is 7.56. The summed E-state index contributed by atoms with van der Waals surface area (Å²) in [5.74, 6) is -1.15. The summed E-state index contributed by atoms with van der Waals surface area (Å²) >= 11 is 0.794. The number of allylic oxidation sites excluding steroid dienone is 3. The maximum Gasteiger partial charge on any atom is 0.325 e. The van der Waals surface area contributed by atoms with Crippen LogP contribution in [0.25, 0.3) is 12.2 Å². The number of hydrogen-bond donors (Lipinski definition) is 0. The van der Waals surface area contributed by atoms with Crippen LogP contribution in [0.2, 0.25) is 0 Å². The SMILES string of the molecule is COC(=O)CN1C(=O)S/C(=C\C(C)=C\c2ccc(/C=C(\C)C=O)cc2)C1=O. The molecule has 1 saturated heterocycles. The first-order chi connectivity index (χ1) is 12.8. The highest BCUT2D eigenvalue weighted by Gasteiger charge is 2.36. The van der Waals surface area contributed by atoms with E-state index in [0.29, 0.717) is 5.57 Å². The van der Waals surface area contributed by atoms with E-state index in [2.05, 4.69) is 4.74 Å². The van der Waals surface area contributed by atoms with Gasteiger partial charge >= 0.3 is 5.97 Å².